The molecular weight excluding hydrogens is 460 g/mol. The maximum atomic E-state index is 12.3. The minimum atomic E-state index is -0.206. The highest BCUT2D eigenvalue weighted by atomic mass is 16.5. The fourth-order valence-corrected chi connectivity index (χ4v) is 5.85. The van der Waals surface area contributed by atoms with Crippen LogP contribution in [-0.4, -0.2) is 25.3 Å². The number of esters is 1. The van der Waals surface area contributed by atoms with Crippen molar-refractivity contribution >= 4 is 5.97 Å². The van der Waals surface area contributed by atoms with E-state index >= 15 is 0 Å². The molecule has 0 aromatic heterocycles. The fourth-order valence-electron chi connectivity index (χ4n) is 5.85. The van der Waals surface area contributed by atoms with Gasteiger partial charge in [0.1, 0.15) is 17.1 Å². The van der Waals surface area contributed by atoms with E-state index in [-0.39, 0.29) is 18.0 Å². The second-order valence-corrected chi connectivity index (χ2v) is 11.4. The second-order valence-electron chi connectivity index (χ2n) is 11.4. The first-order valence-corrected chi connectivity index (χ1v) is 15.4. The average Bonchev–Trinajstić information content (AvgIpc) is 2.87. The number of benzene rings is 1. The van der Waals surface area contributed by atoms with E-state index in [2.05, 4.69) is 27.7 Å². The summed E-state index contributed by atoms with van der Waals surface area (Å²) in [7, 11) is 1.69. The van der Waals surface area contributed by atoms with Gasteiger partial charge >= 0.3 is 5.97 Å². The lowest BCUT2D eigenvalue weighted by Gasteiger charge is -2.38. The number of ether oxygens (including phenoxy) is 3. The molecular formula is C33H56O4. The van der Waals surface area contributed by atoms with Crippen LogP contribution in [0.2, 0.25) is 0 Å². The van der Waals surface area contributed by atoms with Gasteiger partial charge in [0.15, 0.2) is 0 Å². The third-order valence-corrected chi connectivity index (χ3v) is 8.30. The Kier molecular flexibility index (Phi) is 14.5. The summed E-state index contributed by atoms with van der Waals surface area (Å²) in [6.07, 6.45) is 22.5. The zero-order valence-corrected chi connectivity index (χ0v) is 25.1. The van der Waals surface area contributed by atoms with E-state index in [1.54, 1.807) is 7.11 Å². The molecule has 1 aliphatic heterocycles. The van der Waals surface area contributed by atoms with E-state index in [4.69, 9.17) is 14.2 Å². The quantitative estimate of drug-likeness (QED) is 0.136. The molecule has 212 valence electrons. The molecule has 0 aliphatic carbocycles. The van der Waals surface area contributed by atoms with Gasteiger partial charge in [0.2, 0.25) is 0 Å². The summed E-state index contributed by atoms with van der Waals surface area (Å²) in [5.74, 6) is 1.57. The fraction of sp³-hybridized carbons (Fsp3) is 0.788. The van der Waals surface area contributed by atoms with Crippen molar-refractivity contribution in [1.29, 1.82) is 0 Å². The molecule has 2 rings (SSSR count). The Balaban J connectivity index is 1.76. The Morgan fingerprint density at radius 2 is 1.38 bits per heavy atom. The molecule has 0 saturated heterocycles. The Morgan fingerprint density at radius 1 is 0.838 bits per heavy atom. The number of hydrogen-bond donors (Lipinski definition) is 0. The largest absolute Gasteiger partial charge is 0.496 e. The number of carbonyl (C=O) groups excluding carboxylic acids is 1. The predicted molar refractivity (Wildman–Crippen MR) is 155 cm³/mol. The van der Waals surface area contributed by atoms with Gasteiger partial charge in [-0.05, 0) is 64.5 Å². The highest BCUT2D eigenvalue weighted by Crippen LogP contribution is 2.45. The average molecular weight is 517 g/mol. The zero-order valence-electron chi connectivity index (χ0n) is 25.1. The van der Waals surface area contributed by atoms with Crippen molar-refractivity contribution in [2.24, 2.45) is 0 Å². The Hall–Kier alpha value is -1.71. The van der Waals surface area contributed by atoms with E-state index in [0.717, 1.165) is 53.0 Å². The smallest absolute Gasteiger partial charge is 0.310 e. The van der Waals surface area contributed by atoms with Crippen LogP contribution in [0.25, 0.3) is 0 Å². The number of carbonyl (C=O) groups is 1. The molecule has 4 heteroatoms. The first kappa shape index (κ1) is 31.5. The first-order chi connectivity index (χ1) is 17.9. The lowest BCUT2D eigenvalue weighted by molar-refractivity contribution is -0.142. The molecule has 1 atom stereocenters. The molecule has 1 aromatic rings. The van der Waals surface area contributed by atoms with Crippen molar-refractivity contribution in [2.75, 3.05) is 13.7 Å². The monoisotopic (exact) mass is 516 g/mol. The van der Waals surface area contributed by atoms with Gasteiger partial charge in [0.05, 0.1) is 20.1 Å². The molecule has 0 radical (unpaired) electrons. The van der Waals surface area contributed by atoms with Gasteiger partial charge in [-0.25, -0.2) is 0 Å². The summed E-state index contributed by atoms with van der Waals surface area (Å²) >= 11 is 0. The van der Waals surface area contributed by atoms with Crippen LogP contribution < -0.4 is 9.47 Å². The van der Waals surface area contributed by atoms with Crippen LogP contribution in [0.5, 0.6) is 11.5 Å². The van der Waals surface area contributed by atoms with Gasteiger partial charge in [-0.1, -0.05) is 90.4 Å². The van der Waals surface area contributed by atoms with E-state index in [1.807, 2.05) is 6.92 Å². The number of hydrogen-bond acceptors (Lipinski definition) is 4. The number of methoxy groups -OCH3 is 1. The number of rotatable bonds is 19. The third kappa shape index (κ3) is 10.2. The molecule has 0 fully saturated rings. The van der Waals surface area contributed by atoms with Crippen LogP contribution in [0.4, 0.5) is 0 Å². The summed E-state index contributed by atoms with van der Waals surface area (Å²) < 4.78 is 17.7. The van der Waals surface area contributed by atoms with Crippen molar-refractivity contribution in [3.8, 4) is 11.5 Å². The SMILES string of the molecule is CCCCCCCCCCCCCCCCC1(C)CCc2c(CC(=O)OCC)c(OC)c(C)c(C)c2O1. The molecule has 4 nitrogen and oxygen atoms in total. The standard InChI is InChI=1S/C33H56O4/c1-7-9-10-11-12-13-14-15-16-17-18-19-20-21-23-33(5)24-22-28-29(25-30(34)36-8-2)31(35-6)26(3)27(4)32(28)37-33/h7-25H2,1-6H3. The van der Waals surface area contributed by atoms with E-state index in [9.17, 15) is 4.79 Å². The summed E-state index contributed by atoms with van der Waals surface area (Å²) in [5, 5.41) is 0. The van der Waals surface area contributed by atoms with Crippen LogP contribution in [-0.2, 0) is 22.4 Å². The van der Waals surface area contributed by atoms with Crippen molar-refractivity contribution in [3.05, 3.63) is 22.3 Å². The summed E-state index contributed by atoms with van der Waals surface area (Å²) in [5.41, 5.74) is 4.12. The van der Waals surface area contributed by atoms with Gasteiger partial charge in [0, 0.05) is 11.1 Å². The first-order valence-electron chi connectivity index (χ1n) is 15.4. The van der Waals surface area contributed by atoms with Crippen LogP contribution in [0.15, 0.2) is 0 Å². The Labute approximate surface area is 228 Å². The van der Waals surface area contributed by atoms with Crippen molar-refractivity contribution < 1.29 is 19.0 Å². The van der Waals surface area contributed by atoms with Gasteiger partial charge in [-0.15, -0.1) is 0 Å². The lowest BCUT2D eigenvalue weighted by atomic mass is 9.83. The summed E-state index contributed by atoms with van der Waals surface area (Å²) in [6, 6.07) is 0. The van der Waals surface area contributed by atoms with Crippen molar-refractivity contribution in [1.82, 2.24) is 0 Å². The summed E-state index contributed by atoms with van der Waals surface area (Å²) in [4.78, 5) is 12.3. The van der Waals surface area contributed by atoms with Crippen molar-refractivity contribution in [3.63, 3.8) is 0 Å². The number of unbranched alkanes of at least 4 members (excludes halogenated alkanes) is 13. The van der Waals surface area contributed by atoms with Gasteiger partial charge in [-0.2, -0.15) is 0 Å². The minimum Gasteiger partial charge on any atom is -0.496 e. The van der Waals surface area contributed by atoms with Gasteiger partial charge in [0.25, 0.3) is 0 Å². The Bertz CT molecular complexity index is 815. The molecule has 37 heavy (non-hydrogen) atoms. The molecule has 1 unspecified atom stereocenters. The van der Waals surface area contributed by atoms with Crippen LogP contribution in [0, 0.1) is 13.8 Å². The van der Waals surface area contributed by atoms with Crippen LogP contribution in [0.1, 0.15) is 146 Å². The molecule has 0 N–H and O–H groups in total. The highest BCUT2D eigenvalue weighted by molar-refractivity contribution is 5.76. The Morgan fingerprint density at radius 3 is 1.89 bits per heavy atom. The zero-order chi connectivity index (χ0) is 27.1. The molecule has 1 aromatic carbocycles. The van der Waals surface area contributed by atoms with Gasteiger partial charge in [-0.3, -0.25) is 4.79 Å². The molecule has 1 heterocycles. The maximum absolute atomic E-state index is 12.3. The van der Waals surface area contributed by atoms with Crippen LogP contribution >= 0.6 is 0 Å². The summed E-state index contributed by atoms with van der Waals surface area (Å²) in [6.45, 7) is 11.0. The van der Waals surface area contributed by atoms with E-state index < -0.39 is 0 Å². The number of fused-ring (bicyclic) bond motifs is 1. The maximum Gasteiger partial charge on any atom is 0.310 e. The van der Waals surface area contributed by atoms with E-state index in [0.29, 0.717) is 6.61 Å². The second kappa shape index (κ2) is 17.0. The van der Waals surface area contributed by atoms with E-state index in [1.165, 1.54) is 89.9 Å². The van der Waals surface area contributed by atoms with Crippen LogP contribution in [0.3, 0.4) is 0 Å². The third-order valence-electron chi connectivity index (χ3n) is 8.30. The highest BCUT2D eigenvalue weighted by Gasteiger charge is 2.35. The van der Waals surface area contributed by atoms with Gasteiger partial charge < -0.3 is 14.2 Å². The normalized spacial score (nSPS) is 16.8. The topological polar surface area (TPSA) is 44.8 Å². The molecule has 1 aliphatic rings. The molecule has 0 saturated carbocycles. The minimum absolute atomic E-state index is 0.142. The van der Waals surface area contributed by atoms with Crippen molar-refractivity contribution in [2.45, 2.75) is 156 Å². The molecule has 0 amide bonds. The molecule has 0 spiro atoms. The molecule has 0 bridgehead atoms. The lowest BCUT2D eigenvalue weighted by Crippen LogP contribution is -2.37. The predicted octanol–water partition coefficient (Wildman–Crippen LogP) is 9.37.